The minimum Gasteiger partial charge on any atom is -0.481 e. The van der Waals surface area contributed by atoms with Crippen LogP contribution in [0.5, 0.6) is 0 Å². The van der Waals surface area contributed by atoms with Crippen LogP contribution in [0.3, 0.4) is 0 Å². The predicted octanol–water partition coefficient (Wildman–Crippen LogP) is 2.48. The van der Waals surface area contributed by atoms with Crippen LogP contribution >= 0.6 is 0 Å². The van der Waals surface area contributed by atoms with Gasteiger partial charge < -0.3 is 10.0 Å². The Kier molecular flexibility index (Phi) is 6.20. The Morgan fingerprint density at radius 3 is 2.24 bits per heavy atom. The van der Waals surface area contributed by atoms with Crippen LogP contribution in [0.1, 0.15) is 18.4 Å². The molecule has 7 heteroatoms. The van der Waals surface area contributed by atoms with Crippen molar-refractivity contribution in [2.45, 2.75) is 25.4 Å². The number of rotatable bonds is 7. The fraction of sp³-hybridized carbons (Fsp3) is 0.429. The van der Waals surface area contributed by atoms with E-state index in [4.69, 9.17) is 5.11 Å². The van der Waals surface area contributed by atoms with Gasteiger partial charge in [-0.05, 0) is 18.4 Å². The van der Waals surface area contributed by atoms with E-state index in [9.17, 15) is 22.8 Å². The van der Waals surface area contributed by atoms with E-state index in [1.807, 2.05) is 0 Å². The number of carboxylic acids is 1. The van der Waals surface area contributed by atoms with E-state index in [0.717, 1.165) is 5.56 Å². The van der Waals surface area contributed by atoms with Crippen molar-refractivity contribution in [3.05, 3.63) is 35.9 Å². The molecule has 1 N–H and O–H groups in total. The van der Waals surface area contributed by atoms with Crippen molar-refractivity contribution >= 4 is 11.9 Å². The lowest BCUT2D eigenvalue weighted by Crippen LogP contribution is -2.42. The van der Waals surface area contributed by atoms with Crippen molar-refractivity contribution in [1.29, 1.82) is 0 Å². The summed E-state index contributed by atoms with van der Waals surface area (Å²) in [7, 11) is 0. The highest BCUT2D eigenvalue weighted by Gasteiger charge is 2.42. The highest BCUT2D eigenvalue weighted by molar-refractivity contribution is 5.81. The zero-order chi connectivity index (χ0) is 15.9. The van der Waals surface area contributed by atoms with E-state index in [2.05, 4.69) is 0 Å². The van der Waals surface area contributed by atoms with Crippen molar-refractivity contribution in [2.24, 2.45) is 0 Å². The maximum Gasteiger partial charge on any atom is 0.471 e. The molecule has 0 aliphatic heterocycles. The van der Waals surface area contributed by atoms with E-state index in [1.165, 1.54) is 0 Å². The van der Waals surface area contributed by atoms with E-state index in [0.29, 0.717) is 4.90 Å². The minimum atomic E-state index is -4.94. The summed E-state index contributed by atoms with van der Waals surface area (Å²) in [6, 6.07) is 8.82. The van der Waals surface area contributed by atoms with E-state index in [-0.39, 0.29) is 32.4 Å². The summed E-state index contributed by atoms with van der Waals surface area (Å²) >= 11 is 0. The first-order valence-electron chi connectivity index (χ1n) is 6.42. The molecule has 0 radical (unpaired) electrons. The first-order valence-corrected chi connectivity index (χ1v) is 6.42. The Bertz CT molecular complexity index is 474. The lowest BCUT2D eigenvalue weighted by molar-refractivity contribution is -0.185. The van der Waals surface area contributed by atoms with Crippen molar-refractivity contribution in [3.8, 4) is 0 Å². The molecule has 0 aliphatic rings. The van der Waals surface area contributed by atoms with Crippen LogP contribution in [-0.4, -0.2) is 41.1 Å². The van der Waals surface area contributed by atoms with Crippen molar-refractivity contribution in [1.82, 2.24) is 4.90 Å². The Morgan fingerprint density at radius 2 is 1.71 bits per heavy atom. The van der Waals surface area contributed by atoms with Crippen molar-refractivity contribution in [3.63, 3.8) is 0 Å². The van der Waals surface area contributed by atoms with Crippen LogP contribution in [0.25, 0.3) is 0 Å². The van der Waals surface area contributed by atoms with Gasteiger partial charge in [0.1, 0.15) is 0 Å². The van der Waals surface area contributed by atoms with Crippen molar-refractivity contribution in [2.75, 3.05) is 13.1 Å². The number of nitrogens with zero attached hydrogens (tertiary/aromatic N) is 1. The number of hydrogen-bond donors (Lipinski definition) is 1. The first-order chi connectivity index (χ1) is 9.80. The largest absolute Gasteiger partial charge is 0.481 e. The van der Waals surface area contributed by atoms with Gasteiger partial charge in [-0.1, -0.05) is 30.3 Å². The SMILES string of the molecule is O=C(O)CCCN(CCc1ccccc1)C(=O)C(F)(F)F. The molecule has 0 saturated carbocycles. The molecule has 0 spiro atoms. The number of hydrogen-bond acceptors (Lipinski definition) is 2. The molecule has 4 nitrogen and oxygen atoms in total. The van der Waals surface area contributed by atoms with Gasteiger partial charge in [-0.15, -0.1) is 0 Å². The third-order valence-corrected chi connectivity index (χ3v) is 2.86. The molecule has 0 heterocycles. The van der Waals surface area contributed by atoms with E-state index in [1.54, 1.807) is 30.3 Å². The Hall–Kier alpha value is -2.05. The molecular formula is C14H16F3NO3. The minimum absolute atomic E-state index is 0.00799. The lowest BCUT2D eigenvalue weighted by atomic mass is 10.1. The fourth-order valence-corrected chi connectivity index (χ4v) is 1.82. The van der Waals surface area contributed by atoms with Crippen LogP contribution < -0.4 is 0 Å². The Balaban J connectivity index is 2.63. The number of aliphatic carboxylic acids is 1. The first kappa shape index (κ1) is 17.0. The molecule has 116 valence electrons. The second kappa shape index (κ2) is 7.66. The van der Waals surface area contributed by atoms with Gasteiger partial charge in [0.2, 0.25) is 0 Å². The van der Waals surface area contributed by atoms with Gasteiger partial charge in [-0.2, -0.15) is 13.2 Å². The molecule has 1 aromatic carbocycles. The highest BCUT2D eigenvalue weighted by Crippen LogP contribution is 2.19. The number of halogens is 3. The number of amides is 1. The lowest BCUT2D eigenvalue weighted by Gasteiger charge is -2.23. The van der Waals surface area contributed by atoms with Gasteiger partial charge in [0, 0.05) is 19.5 Å². The highest BCUT2D eigenvalue weighted by atomic mass is 19.4. The molecule has 0 unspecified atom stereocenters. The monoisotopic (exact) mass is 303 g/mol. The Morgan fingerprint density at radius 1 is 1.10 bits per heavy atom. The van der Waals surface area contributed by atoms with Gasteiger partial charge in [-0.3, -0.25) is 9.59 Å². The Labute approximate surface area is 120 Å². The quantitative estimate of drug-likeness (QED) is 0.842. The number of carboxylic acid groups (broad SMARTS) is 1. The van der Waals surface area contributed by atoms with E-state index >= 15 is 0 Å². The molecule has 0 fully saturated rings. The summed E-state index contributed by atoms with van der Waals surface area (Å²) in [6.07, 6.45) is -4.94. The van der Waals surface area contributed by atoms with Crippen LogP contribution in [0.15, 0.2) is 30.3 Å². The van der Waals surface area contributed by atoms with Gasteiger partial charge >= 0.3 is 18.1 Å². The zero-order valence-electron chi connectivity index (χ0n) is 11.3. The standard InChI is InChI=1S/C14H16F3NO3/c15-14(16,17)13(21)18(9-4-7-12(19)20)10-8-11-5-2-1-3-6-11/h1-3,5-6H,4,7-10H2,(H,19,20). The van der Waals surface area contributed by atoms with Crippen LogP contribution in [0.2, 0.25) is 0 Å². The van der Waals surface area contributed by atoms with Crippen LogP contribution in [0, 0.1) is 0 Å². The zero-order valence-corrected chi connectivity index (χ0v) is 11.3. The van der Waals surface area contributed by atoms with Gasteiger partial charge in [-0.25, -0.2) is 0 Å². The van der Waals surface area contributed by atoms with Gasteiger partial charge in [0.25, 0.3) is 0 Å². The third-order valence-electron chi connectivity index (χ3n) is 2.86. The molecular weight excluding hydrogens is 287 g/mol. The maximum atomic E-state index is 12.5. The molecule has 1 amide bonds. The second-order valence-electron chi connectivity index (χ2n) is 4.52. The second-order valence-corrected chi connectivity index (χ2v) is 4.52. The molecule has 1 rings (SSSR count). The predicted molar refractivity (Wildman–Crippen MR) is 69.7 cm³/mol. The number of benzene rings is 1. The fourth-order valence-electron chi connectivity index (χ4n) is 1.82. The van der Waals surface area contributed by atoms with Crippen molar-refractivity contribution < 1.29 is 27.9 Å². The molecule has 0 saturated heterocycles. The summed E-state index contributed by atoms with van der Waals surface area (Å²) in [4.78, 5) is 22.4. The summed E-state index contributed by atoms with van der Waals surface area (Å²) in [5.74, 6) is -3.03. The van der Waals surface area contributed by atoms with E-state index < -0.39 is 18.1 Å². The number of carbonyl (C=O) groups is 2. The molecule has 1 aromatic rings. The van der Waals surface area contributed by atoms with Crippen LogP contribution in [0.4, 0.5) is 13.2 Å². The molecule has 0 bridgehead atoms. The van der Waals surface area contributed by atoms with Crippen LogP contribution in [-0.2, 0) is 16.0 Å². The average Bonchev–Trinajstić information content (AvgIpc) is 2.41. The normalized spacial score (nSPS) is 11.2. The summed E-state index contributed by atoms with van der Waals surface area (Å²) in [5.41, 5.74) is 0.815. The smallest absolute Gasteiger partial charge is 0.471 e. The maximum absolute atomic E-state index is 12.5. The summed E-state index contributed by atoms with van der Waals surface area (Å²) in [5, 5.41) is 8.51. The molecule has 0 atom stereocenters. The molecule has 21 heavy (non-hydrogen) atoms. The number of alkyl halides is 3. The van der Waals surface area contributed by atoms with Gasteiger partial charge in [0.15, 0.2) is 0 Å². The average molecular weight is 303 g/mol. The summed E-state index contributed by atoms with van der Waals surface area (Å²) in [6.45, 7) is -0.320. The van der Waals surface area contributed by atoms with Gasteiger partial charge in [0.05, 0.1) is 0 Å². The summed E-state index contributed by atoms with van der Waals surface area (Å²) < 4.78 is 37.5. The third kappa shape index (κ3) is 6.29. The number of carbonyl (C=O) groups excluding carboxylic acids is 1. The topological polar surface area (TPSA) is 57.6 Å². The molecule has 0 aromatic heterocycles. The molecule has 0 aliphatic carbocycles.